The summed E-state index contributed by atoms with van der Waals surface area (Å²) >= 11 is 0. The van der Waals surface area contributed by atoms with Crippen molar-refractivity contribution in [3.8, 4) is 0 Å². The number of fused-ring (bicyclic) bond motifs is 1. The molecule has 0 unspecified atom stereocenters. The summed E-state index contributed by atoms with van der Waals surface area (Å²) < 4.78 is 1.65. The van der Waals surface area contributed by atoms with Gasteiger partial charge in [0.15, 0.2) is 0 Å². The number of benzene rings is 1. The van der Waals surface area contributed by atoms with Crippen molar-refractivity contribution in [1.82, 2.24) is 15.1 Å². The first-order valence-corrected chi connectivity index (χ1v) is 7.77. The first kappa shape index (κ1) is 14.8. The van der Waals surface area contributed by atoms with E-state index in [2.05, 4.69) is 23.4 Å². The fourth-order valence-corrected chi connectivity index (χ4v) is 3.13. The zero-order valence-electron chi connectivity index (χ0n) is 13.0. The van der Waals surface area contributed by atoms with Crippen LogP contribution in [0.4, 0.5) is 0 Å². The third-order valence-electron chi connectivity index (χ3n) is 4.27. The number of aryl methyl sites for hydroxylation is 2. The van der Waals surface area contributed by atoms with E-state index >= 15 is 0 Å². The Morgan fingerprint density at radius 2 is 2.23 bits per heavy atom. The number of nitrogens with one attached hydrogen (secondary N) is 1. The Bertz CT molecular complexity index is 692. The van der Waals surface area contributed by atoms with Crippen molar-refractivity contribution < 1.29 is 4.79 Å². The molecule has 0 saturated heterocycles. The zero-order chi connectivity index (χ0) is 15.7. The summed E-state index contributed by atoms with van der Waals surface area (Å²) in [7, 11) is 1.80. The maximum atomic E-state index is 12.5. The molecule has 0 radical (unpaired) electrons. The predicted octanol–water partition coefficient (Wildman–Crippen LogP) is 1.73. The molecule has 1 aromatic heterocycles. The van der Waals surface area contributed by atoms with Gasteiger partial charge in [0, 0.05) is 7.05 Å². The van der Waals surface area contributed by atoms with E-state index in [0.717, 1.165) is 30.5 Å². The number of nitrogens with zero attached hydrogens (tertiary/aromatic N) is 2. The zero-order valence-corrected chi connectivity index (χ0v) is 13.0. The van der Waals surface area contributed by atoms with Crippen molar-refractivity contribution in [3.63, 3.8) is 0 Å². The fraction of sp³-hybridized carbons (Fsp3) is 0.412. The highest BCUT2D eigenvalue weighted by Gasteiger charge is 2.31. The molecule has 0 fully saturated rings. The van der Waals surface area contributed by atoms with Crippen molar-refractivity contribution >= 4 is 5.91 Å². The van der Waals surface area contributed by atoms with Crippen molar-refractivity contribution in [2.75, 3.05) is 0 Å². The Morgan fingerprint density at radius 1 is 1.45 bits per heavy atom. The van der Waals surface area contributed by atoms with Crippen molar-refractivity contribution in [3.05, 3.63) is 52.8 Å². The Morgan fingerprint density at radius 3 is 2.95 bits per heavy atom. The van der Waals surface area contributed by atoms with Gasteiger partial charge in [-0.1, -0.05) is 37.6 Å². The quantitative estimate of drug-likeness (QED) is 0.903. The van der Waals surface area contributed by atoms with Crippen LogP contribution in [0.3, 0.4) is 0 Å². The van der Waals surface area contributed by atoms with E-state index < -0.39 is 0 Å². The molecule has 0 saturated carbocycles. The van der Waals surface area contributed by atoms with Gasteiger partial charge in [0.05, 0.1) is 17.8 Å². The molecular formula is C17H22N4O. The standard InChI is InChI=1S/C17H22N4O/c1-3-6-12-10-15(21(2)20-12)17(22)19-14-9-11-7-4-5-8-13(11)16(14)18/h4-5,7-8,10,14,16H,3,6,9,18H2,1-2H3,(H,19,22)/t14-,16-/m0/s1. The van der Waals surface area contributed by atoms with Gasteiger partial charge in [0.1, 0.15) is 5.69 Å². The molecule has 2 aromatic rings. The molecular weight excluding hydrogens is 276 g/mol. The molecule has 1 amide bonds. The molecule has 1 aliphatic rings. The third-order valence-corrected chi connectivity index (χ3v) is 4.27. The maximum Gasteiger partial charge on any atom is 0.269 e. The lowest BCUT2D eigenvalue weighted by molar-refractivity contribution is 0.0924. The topological polar surface area (TPSA) is 72.9 Å². The minimum Gasteiger partial charge on any atom is -0.346 e. The molecule has 5 heteroatoms. The summed E-state index contributed by atoms with van der Waals surface area (Å²) in [6.45, 7) is 2.10. The van der Waals surface area contributed by atoms with Crippen LogP contribution >= 0.6 is 0 Å². The number of amides is 1. The first-order valence-electron chi connectivity index (χ1n) is 7.77. The molecule has 2 atom stereocenters. The summed E-state index contributed by atoms with van der Waals surface area (Å²) in [4.78, 5) is 12.5. The van der Waals surface area contributed by atoms with Gasteiger partial charge in [-0.05, 0) is 30.0 Å². The van der Waals surface area contributed by atoms with Crippen LogP contribution in [-0.2, 0) is 19.9 Å². The van der Waals surface area contributed by atoms with Crippen LogP contribution in [0.1, 0.15) is 46.7 Å². The molecule has 1 aromatic carbocycles. The SMILES string of the molecule is CCCc1cc(C(=O)N[C@H]2Cc3ccccc3[C@@H]2N)n(C)n1. The van der Waals surface area contributed by atoms with E-state index in [9.17, 15) is 4.79 Å². The molecule has 22 heavy (non-hydrogen) atoms. The maximum absolute atomic E-state index is 12.5. The second-order valence-electron chi connectivity index (χ2n) is 5.90. The van der Waals surface area contributed by atoms with Crippen molar-refractivity contribution in [2.24, 2.45) is 12.8 Å². The van der Waals surface area contributed by atoms with E-state index in [4.69, 9.17) is 5.73 Å². The van der Waals surface area contributed by atoms with Crippen LogP contribution < -0.4 is 11.1 Å². The first-order chi connectivity index (χ1) is 10.6. The highest BCUT2D eigenvalue weighted by Crippen LogP contribution is 2.29. The van der Waals surface area contributed by atoms with Gasteiger partial charge in [0.25, 0.3) is 5.91 Å². The number of aromatic nitrogens is 2. The van der Waals surface area contributed by atoms with Crippen LogP contribution in [0.25, 0.3) is 0 Å². The van der Waals surface area contributed by atoms with E-state index in [1.54, 1.807) is 11.7 Å². The Kier molecular flexibility index (Phi) is 3.98. The van der Waals surface area contributed by atoms with Gasteiger partial charge < -0.3 is 11.1 Å². The van der Waals surface area contributed by atoms with E-state index in [-0.39, 0.29) is 18.0 Å². The van der Waals surface area contributed by atoms with Crippen LogP contribution in [-0.4, -0.2) is 21.7 Å². The van der Waals surface area contributed by atoms with Gasteiger partial charge in [-0.15, -0.1) is 0 Å². The van der Waals surface area contributed by atoms with Gasteiger partial charge >= 0.3 is 0 Å². The number of carbonyl (C=O) groups is 1. The number of nitrogens with two attached hydrogens (primary N) is 1. The molecule has 0 spiro atoms. The Hall–Kier alpha value is -2.14. The van der Waals surface area contributed by atoms with Gasteiger partial charge in [-0.3, -0.25) is 9.48 Å². The summed E-state index contributed by atoms with van der Waals surface area (Å²) in [6.07, 6.45) is 2.68. The lowest BCUT2D eigenvalue weighted by Gasteiger charge is -2.17. The fourth-order valence-electron chi connectivity index (χ4n) is 3.13. The number of carbonyl (C=O) groups excluding carboxylic acids is 1. The van der Waals surface area contributed by atoms with E-state index in [0.29, 0.717) is 5.69 Å². The summed E-state index contributed by atoms with van der Waals surface area (Å²) in [5.41, 5.74) is 10.2. The smallest absolute Gasteiger partial charge is 0.269 e. The average molecular weight is 298 g/mol. The number of hydrogen-bond donors (Lipinski definition) is 2. The van der Waals surface area contributed by atoms with Gasteiger partial charge in [-0.2, -0.15) is 5.10 Å². The Balaban J connectivity index is 1.73. The van der Waals surface area contributed by atoms with Crippen molar-refractivity contribution in [2.45, 2.75) is 38.3 Å². The normalized spacial score (nSPS) is 20.0. The average Bonchev–Trinajstić information content (AvgIpc) is 3.01. The monoisotopic (exact) mass is 298 g/mol. The van der Waals surface area contributed by atoms with Crippen LogP contribution in [0.5, 0.6) is 0 Å². The molecule has 0 aliphatic heterocycles. The largest absolute Gasteiger partial charge is 0.346 e. The van der Waals surface area contributed by atoms with Crippen molar-refractivity contribution in [1.29, 1.82) is 0 Å². The van der Waals surface area contributed by atoms with Crippen LogP contribution in [0.15, 0.2) is 30.3 Å². The number of rotatable bonds is 4. The molecule has 5 nitrogen and oxygen atoms in total. The molecule has 116 valence electrons. The van der Waals surface area contributed by atoms with E-state index in [1.807, 2.05) is 24.3 Å². The molecule has 0 bridgehead atoms. The molecule has 3 N–H and O–H groups in total. The Labute approximate surface area is 130 Å². The minimum atomic E-state index is -0.150. The van der Waals surface area contributed by atoms with Crippen LogP contribution in [0, 0.1) is 0 Å². The van der Waals surface area contributed by atoms with Gasteiger partial charge in [0.2, 0.25) is 0 Å². The van der Waals surface area contributed by atoms with Crippen LogP contribution in [0.2, 0.25) is 0 Å². The van der Waals surface area contributed by atoms with Gasteiger partial charge in [-0.25, -0.2) is 0 Å². The molecule has 1 heterocycles. The lowest BCUT2D eigenvalue weighted by atomic mass is 10.1. The summed E-state index contributed by atoms with van der Waals surface area (Å²) in [5, 5.41) is 7.44. The second kappa shape index (κ2) is 5.93. The lowest BCUT2D eigenvalue weighted by Crippen LogP contribution is -2.41. The summed E-state index contributed by atoms with van der Waals surface area (Å²) in [6, 6.07) is 9.76. The third kappa shape index (κ3) is 2.64. The number of hydrogen-bond acceptors (Lipinski definition) is 3. The predicted molar refractivity (Wildman–Crippen MR) is 85.5 cm³/mol. The highest BCUT2D eigenvalue weighted by atomic mass is 16.2. The highest BCUT2D eigenvalue weighted by molar-refractivity contribution is 5.93. The molecule has 3 rings (SSSR count). The minimum absolute atomic E-state index is 0.0607. The second-order valence-corrected chi connectivity index (χ2v) is 5.90. The summed E-state index contributed by atoms with van der Waals surface area (Å²) in [5.74, 6) is -0.106. The van der Waals surface area contributed by atoms with E-state index in [1.165, 1.54) is 5.56 Å². The molecule has 1 aliphatic carbocycles.